The number of aryl methyl sites for hydroxylation is 1. The normalized spacial score (nSPS) is 14.6. The maximum absolute atomic E-state index is 12.8. The molecule has 1 fully saturated rings. The summed E-state index contributed by atoms with van der Waals surface area (Å²) < 4.78 is 10.9. The van der Waals surface area contributed by atoms with Crippen LogP contribution in [0.25, 0.3) is 11.3 Å². The molecule has 1 aromatic heterocycles. The van der Waals surface area contributed by atoms with E-state index in [4.69, 9.17) is 9.26 Å². The van der Waals surface area contributed by atoms with Crippen LogP contribution in [-0.2, 0) is 0 Å². The molecule has 0 bridgehead atoms. The SMILES string of the molecule is Cc1onc(-c2ccccc2)c1OC(=O)c1ccc(C(=O)N2CCN(C(C)C)CC2)cc1. The molecular formula is C25H27N3O4. The molecule has 166 valence electrons. The summed E-state index contributed by atoms with van der Waals surface area (Å²) in [6, 6.07) is 16.5. The Morgan fingerprint density at radius 2 is 1.56 bits per heavy atom. The van der Waals surface area contributed by atoms with Gasteiger partial charge in [0.2, 0.25) is 5.75 Å². The highest BCUT2D eigenvalue weighted by Gasteiger charge is 2.24. The summed E-state index contributed by atoms with van der Waals surface area (Å²) in [6.07, 6.45) is 0. The fraction of sp³-hybridized carbons (Fsp3) is 0.320. The predicted molar refractivity (Wildman–Crippen MR) is 121 cm³/mol. The van der Waals surface area contributed by atoms with Gasteiger partial charge in [-0.25, -0.2) is 4.79 Å². The van der Waals surface area contributed by atoms with Crippen LogP contribution in [0, 0.1) is 6.92 Å². The number of hydrogen-bond acceptors (Lipinski definition) is 6. The van der Waals surface area contributed by atoms with E-state index in [1.807, 2.05) is 35.2 Å². The number of ether oxygens (including phenoxy) is 1. The van der Waals surface area contributed by atoms with Gasteiger partial charge in [-0.15, -0.1) is 0 Å². The Morgan fingerprint density at radius 3 is 2.19 bits per heavy atom. The van der Waals surface area contributed by atoms with Crippen molar-refractivity contribution in [2.45, 2.75) is 26.8 Å². The Kier molecular flexibility index (Phi) is 6.37. The molecule has 0 N–H and O–H groups in total. The van der Waals surface area contributed by atoms with Crippen molar-refractivity contribution < 1.29 is 18.8 Å². The molecule has 0 spiro atoms. The minimum atomic E-state index is -0.530. The van der Waals surface area contributed by atoms with Gasteiger partial charge in [-0.2, -0.15) is 0 Å². The Morgan fingerprint density at radius 1 is 0.938 bits per heavy atom. The molecule has 3 aromatic rings. The second-order valence-corrected chi connectivity index (χ2v) is 8.17. The van der Waals surface area contributed by atoms with Crippen molar-refractivity contribution in [1.29, 1.82) is 0 Å². The largest absolute Gasteiger partial charge is 0.417 e. The van der Waals surface area contributed by atoms with Crippen LogP contribution in [0.3, 0.4) is 0 Å². The molecule has 1 amide bonds. The summed E-state index contributed by atoms with van der Waals surface area (Å²) in [5.41, 5.74) is 2.19. The third-order valence-electron chi connectivity index (χ3n) is 5.75. The first-order valence-electron chi connectivity index (χ1n) is 10.8. The van der Waals surface area contributed by atoms with Crippen LogP contribution in [0.5, 0.6) is 5.75 Å². The number of benzene rings is 2. The number of carbonyl (C=O) groups is 2. The zero-order valence-corrected chi connectivity index (χ0v) is 18.6. The quantitative estimate of drug-likeness (QED) is 0.566. The second kappa shape index (κ2) is 9.36. The number of aromatic nitrogens is 1. The van der Waals surface area contributed by atoms with E-state index in [0.29, 0.717) is 47.5 Å². The Hall–Kier alpha value is -3.45. The molecule has 1 aliphatic rings. The Balaban J connectivity index is 1.44. The van der Waals surface area contributed by atoms with Crippen LogP contribution in [-0.4, -0.2) is 59.1 Å². The zero-order chi connectivity index (χ0) is 22.7. The smallest absolute Gasteiger partial charge is 0.343 e. The lowest BCUT2D eigenvalue weighted by atomic mass is 10.1. The monoisotopic (exact) mass is 433 g/mol. The number of esters is 1. The van der Waals surface area contributed by atoms with E-state index in [0.717, 1.165) is 18.7 Å². The van der Waals surface area contributed by atoms with E-state index < -0.39 is 5.97 Å². The van der Waals surface area contributed by atoms with Gasteiger partial charge in [-0.1, -0.05) is 35.5 Å². The van der Waals surface area contributed by atoms with Crippen LogP contribution in [0.2, 0.25) is 0 Å². The number of nitrogens with zero attached hydrogens (tertiary/aromatic N) is 3. The van der Waals surface area contributed by atoms with Gasteiger partial charge in [0.15, 0.2) is 11.5 Å². The Labute approximate surface area is 187 Å². The van der Waals surface area contributed by atoms with E-state index in [-0.39, 0.29) is 5.91 Å². The van der Waals surface area contributed by atoms with Crippen molar-refractivity contribution in [3.8, 4) is 17.0 Å². The van der Waals surface area contributed by atoms with Gasteiger partial charge in [0, 0.05) is 50.3 Å². The highest BCUT2D eigenvalue weighted by molar-refractivity contribution is 5.97. The molecule has 2 aromatic carbocycles. The van der Waals surface area contributed by atoms with Crippen LogP contribution in [0.1, 0.15) is 40.3 Å². The predicted octanol–water partition coefficient (Wildman–Crippen LogP) is 4.04. The molecule has 2 heterocycles. The zero-order valence-electron chi connectivity index (χ0n) is 18.6. The highest BCUT2D eigenvalue weighted by atomic mass is 16.6. The number of carbonyl (C=O) groups excluding carboxylic acids is 2. The highest BCUT2D eigenvalue weighted by Crippen LogP contribution is 2.32. The van der Waals surface area contributed by atoms with Crippen molar-refractivity contribution in [1.82, 2.24) is 15.0 Å². The summed E-state index contributed by atoms with van der Waals surface area (Å²) in [4.78, 5) is 29.8. The fourth-order valence-corrected chi connectivity index (χ4v) is 3.79. The first-order valence-corrected chi connectivity index (χ1v) is 10.8. The number of hydrogen-bond donors (Lipinski definition) is 0. The molecular weight excluding hydrogens is 406 g/mol. The van der Waals surface area contributed by atoms with E-state index in [1.54, 1.807) is 31.2 Å². The minimum Gasteiger partial charge on any atom is -0.417 e. The lowest BCUT2D eigenvalue weighted by Gasteiger charge is -2.37. The first-order chi connectivity index (χ1) is 15.4. The summed E-state index contributed by atoms with van der Waals surface area (Å²) in [5, 5.41) is 4.03. The average molecular weight is 434 g/mol. The molecule has 0 aliphatic carbocycles. The number of piperazine rings is 1. The third-order valence-corrected chi connectivity index (χ3v) is 5.75. The van der Waals surface area contributed by atoms with Crippen LogP contribution in [0.4, 0.5) is 0 Å². The maximum Gasteiger partial charge on any atom is 0.343 e. The summed E-state index contributed by atoms with van der Waals surface area (Å²) in [5.74, 6) is 0.168. The van der Waals surface area contributed by atoms with Crippen LogP contribution >= 0.6 is 0 Å². The Bertz CT molecular complexity index is 1080. The molecule has 1 aliphatic heterocycles. The van der Waals surface area contributed by atoms with Gasteiger partial charge >= 0.3 is 5.97 Å². The van der Waals surface area contributed by atoms with Crippen molar-refractivity contribution in [3.63, 3.8) is 0 Å². The van der Waals surface area contributed by atoms with Crippen molar-refractivity contribution in [2.75, 3.05) is 26.2 Å². The topological polar surface area (TPSA) is 75.9 Å². The standard InChI is InChI=1S/C25H27N3O4/c1-17(2)27-13-15-28(16-14-27)24(29)20-9-11-21(12-10-20)25(30)31-23-18(3)32-26-22(23)19-7-5-4-6-8-19/h4-12,17H,13-16H2,1-3H3. The molecule has 7 nitrogen and oxygen atoms in total. The van der Waals surface area contributed by atoms with E-state index >= 15 is 0 Å². The molecule has 7 heteroatoms. The van der Waals surface area contributed by atoms with E-state index in [1.165, 1.54) is 0 Å². The molecule has 0 saturated carbocycles. The lowest BCUT2D eigenvalue weighted by Crippen LogP contribution is -2.50. The molecule has 0 radical (unpaired) electrons. The first kappa shape index (κ1) is 21.8. The summed E-state index contributed by atoms with van der Waals surface area (Å²) in [6.45, 7) is 9.18. The minimum absolute atomic E-state index is 0.0189. The van der Waals surface area contributed by atoms with Crippen molar-refractivity contribution in [2.24, 2.45) is 0 Å². The third kappa shape index (κ3) is 4.57. The molecule has 0 unspecified atom stereocenters. The molecule has 32 heavy (non-hydrogen) atoms. The van der Waals surface area contributed by atoms with Gasteiger partial charge in [0.1, 0.15) is 0 Å². The fourth-order valence-electron chi connectivity index (χ4n) is 3.79. The summed E-state index contributed by atoms with van der Waals surface area (Å²) in [7, 11) is 0. The van der Waals surface area contributed by atoms with Crippen LogP contribution in [0.15, 0.2) is 59.1 Å². The van der Waals surface area contributed by atoms with Gasteiger partial charge < -0.3 is 14.2 Å². The molecule has 0 atom stereocenters. The average Bonchev–Trinajstić information content (AvgIpc) is 3.19. The number of rotatable bonds is 5. The molecule has 1 saturated heterocycles. The second-order valence-electron chi connectivity index (χ2n) is 8.17. The van der Waals surface area contributed by atoms with Gasteiger partial charge in [0.05, 0.1) is 5.56 Å². The van der Waals surface area contributed by atoms with Gasteiger partial charge in [-0.3, -0.25) is 9.69 Å². The lowest BCUT2D eigenvalue weighted by molar-refractivity contribution is 0.0594. The van der Waals surface area contributed by atoms with Crippen LogP contribution < -0.4 is 4.74 Å². The van der Waals surface area contributed by atoms with Gasteiger partial charge in [0.25, 0.3) is 5.91 Å². The number of amides is 1. The van der Waals surface area contributed by atoms with Crippen molar-refractivity contribution >= 4 is 11.9 Å². The van der Waals surface area contributed by atoms with E-state index in [9.17, 15) is 9.59 Å². The maximum atomic E-state index is 12.8. The van der Waals surface area contributed by atoms with E-state index in [2.05, 4.69) is 23.9 Å². The summed E-state index contributed by atoms with van der Waals surface area (Å²) >= 11 is 0. The van der Waals surface area contributed by atoms with Gasteiger partial charge in [-0.05, 0) is 38.1 Å². The molecule has 4 rings (SSSR count). The van der Waals surface area contributed by atoms with Crippen molar-refractivity contribution in [3.05, 3.63) is 71.5 Å².